The number of ether oxygens (including phenoxy) is 2. The lowest BCUT2D eigenvalue weighted by Gasteiger charge is -2.23. The molecule has 14 heavy (non-hydrogen) atoms. The van der Waals surface area contributed by atoms with Gasteiger partial charge in [-0.2, -0.15) is 0 Å². The van der Waals surface area contributed by atoms with Gasteiger partial charge in [0.05, 0.1) is 12.8 Å². The quantitative estimate of drug-likeness (QED) is 0.507. The second kappa shape index (κ2) is 3.62. The number of rotatable bonds is 1. The van der Waals surface area contributed by atoms with Crippen LogP contribution in [0.3, 0.4) is 0 Å². The molecular formula is C7H8O7. The predicted molar refractivity (Wildman–Crippen MR) is 38.9 cm³/mol. The summed E-state index contributed by atoms with van der Waals surface area (Å²) in [5.41, 5.74) is -2.44. The fraction of sp³-hybridized carbons (Fsp3) is 0.571. The molecule has 0 atom stereocenters. The maximum absolute atomic E-state index is 10.8. The van der Waals surface area contributed by atoms with Gasteiger partial charge in [-0.25, -0.2) is 4.79 Å². The monoisotopic (exact) mass is 204 g/mol. The summed E-state index contributed by atoms with van der Waals surface area (Å²) in [6.45, 7) is -0.548. The number of hydrogen-bond acceptors (Lipinski definition) is 6. The maximum atomic E-state index is 10.8. The van der Waals surface area contributed by atoms with Crippen LogP contribution < -0.4 is 0 Å². The zero-order valence-electron chi connectivity index (χ0n) is 7.06. The number of carboxylic acid groups (broad SMARTS) is 1. The van der Waals surface area contributed by atoms with Crippen molar-refractivity contribution in [2.45, 2.75) is 18.4 Å². The summed E-state index contributed by atoms with van der Waals surface area (Å²) in [4.78, 5) is 32.2. The van der Waals surface area contributed by atoms with E-state index >= 15 is 0 Å². The Labute approximate surface area is 78.2 Å². The second-order valence-corrected chi connectivity index (χ2v) is 2.84. The van der Waals surface area contributed by atoms with Crippen molar-refractivity contribution >= 4 is 17.9 Å². The standard InChI is InChI=1S/C7H8O7/c8-4-1-7(12,6(10)11)2-5(9)14-3-13-4/h12H,1-3H2,(H,10,11). The van der Waals surface area contributed by atoms with E-state index in [-0.39, 0.29) is 0 Å². The number of carboxylic acids is 1. The number of hydrogen-bond donors (Lipinski definition) is 2. The minimum atomic E-state index is -2.44. The number of esters is 2. The van der Waals surface area contributed by atoms with E-state index in [9.17, 15) is 19.5 Å². The van der Waals surface area contributed by atoms with Gasteiger partial charge in [-0.3, -0.25) is 9.59 Å². The van der Waals surface area contributed by atoms with E-state index in [1.165, 1.54) is 0 Å². The highest BCUT2D eigenvalue weighted by Gasteiger charge is 2.43. The van der Waals surface area contributed by atoms with E-state index in [1.807, 2.05) is 0 Å². The van der Waals surface area contributed by atoms with Gasteiger partial charge in [-0.05, 0) is 0 Å². The lowest BCUT2D eigenvalue weighted by Crippen LogP contribution is -2.45. The molecule has 78 valence electrons. The molecule has 0 amide bonds. The molecular weight excluding hydrogens is 196 g/mol. The number of carbonyl (C=O) groups excluding carboxylic acids is 2. The van der Waals surface area contributed by atoms with E-state index in [0.717, 1.165) is 0 Å². The molecule has 7 heteroatoms. The van der Waals surface area contributed by atoms with Crippen LogP contribution in [0.4, 0.5) is 0 Å². The molecule has 0 radical (unpaired) electrons. The minimum Gasteiger partial charge on any atom is -0.479 e. The van der Waals surface area contributed by atoms with E-state index in [2.05, 4.69) is 9.47 Å². The predicted octanol–water partition coefficient (Wildman–Crippen LogP) is -1.36. The van der Waals surface area contributed by atoms with Crippen molar-refractivity contribution in [3.63, 3.8) is 0 Å². The first-order valence-corrected chi connectivity index (χ1v) is 3.71. The molecule has 0 bridgehead atoms. The highest BCUT2D eigenvalue weighted by molar-refractivity contribution is 5.89. The molecule has 1 heterocycles. The molecule has 0 aromatic heterocycles. The van der Waals surface area contributed by atoms with Crippen molar-refractivity contribution in [3.05, 3.63) is 0 Å². The van der Waals surface area contributed by atoms with Crippen LogP contribution in [0, 0.1) is 0 Å². The topological polar surface area (TPSA) is 110 Å². The third-order valence-corrected chi connectivity index (χ3v) is 1.71. The average molecular weight is 204 g/mol. The fourth-order valence-corrected chi connectivity index (χ4v) is 0.954. The highest BCUT2D eigenvalue weighted by Crippen LogP contribution is 2.19. The van der Waals surface area contributed by atoms with Crippen LogP contribution in [-0.2, 0) is 23.9 Å². The molecule has 0 aliphatic carbocycles. The SMILES string of the molecule is O=C1CC(O)(C(=O)O)CC(=O)OCO1. The zero-order chi connectivity index (χ0) is 10.8. The van der Waals surface area contributed by atoms with Gasteiger partial charge in [0.1, 0.15) is 0 Å². The molecule has 1 aliphatic rings. The van der Waals surface area contributed by atoms with Crippen molar-refractivity contribution in [1.29, 1.82) is 0 Å². The van der Waals surface area contributed by atoms with Gasteiger partial charge in [0.15, 0.2) is 5.60 Å². The number of aliphatic carboxylic acids is 1. The van der Waals surface area contributed by atoms with Crippen LogP contribution in [-0.4, -0.2) is 40.5 Å². The molecule has 0 aromatic carbocycles. The molecule has 0 saturated carbocycles. The normalized spacial score (nSPS) is 21.5. The number of cyclic esters (lactones) is 2. The van der Waals surface area contributed by atoms with E-state index in [1.54, 1.807) is 0 Å². The third kappa shape index (κ3) is 2.19. The smallest absolute Gasteiger partial charge is 0.336 e. The maximum Gasteiger partial charge on any atom is 0.336 e. The fourth-order valence-electron chi connectivity index (χ4n) is 0.954. The third-order valence-electron chi connectivity index (χ3n) is 1.71. The van der Waals surface area contributed by atoms with E-state index < -0.39 is 43.1 Å². The summed E-state index contributed by atoms with van der Waals surface area (Å²) in [5, 5.41) is 18.0. The van der Waals surface area contributed by atoms with Crippen molar-refractivity contribution < 1.29 is 34.1 Å². The van der Waals surface area contributed by atoms with Gasteiger partial charge < -0.3 is 19.7 Å². The molecule has 1 aliphatic heterocycles. The Morgan fingerprint density at radius 2 is 1.64 bits per heavy atom. The lowest BCUT2D eigenvalue weighted by atomic mass is 9.96. The molecule has 1 fully saturated rings. The first-order valence-electron chi connectivity index (χ1n) is 3.71. The van der Waals surface area contributed by atoms with Crippen molar-refractivity contribution in [3.8, 4) is 0 Å². The Hall–Kier alpha value is -1.63. The molecule has 0 aromatic rings. The van der Waals surface area contributed by atoms with Crippen molar-refractivity contribution in [2.24, 2.45) is 0 Å². The van der Waals surface area contributed by atoms with Gasteiger partial charge >= 0.3 is 17.9 Å². The molecule has 0 spiro atoms. The summed E-state index contributed by atoms with van der Waals surface area (Å²) in [7, 11) is 0. The Bertz CT molecular complexity index is 264. The van der Waals surface area contributed by atoms with Gasteiger partial charge in [0.2, 0.25) is 6.79 Å². The summed E-state index contributed by atoms with van der Waals surface area (Å²) in [6.07, 6.45) is -1.53. The van der Waals surface area contributed by atoms with Crippen LogP contribution in [0.5, 0.6) is 0 Å². The molecule has 1 saturated heterocycles. The van der Waals surface area contributed by atoms with Gasteiger partial charge in [-0.1, -0.05) is 0 Å². The summed E-state index contributed by atoms with van der Waals surface area (Å²) in [5.74, 6) is -3.52. The summed E-state index contributed by atoms with van der Waals surface area (Å²) in [6, 6.07) is 0. The lowest BCUT2D eigenvalue weighted by molar-refractivity contribution is -0.189. The molecule has 2 N–H and O–H groups in total. The first-order chi connectivity index (χ1) is 6.44. The Morgan fingerprint density at radius 3 is 2.00 bits per heavy atom. The van der Waals surface area contributed by atoms with Crippen molar-refractivity contribution in [2.75, 3.05) is 6.79 Å². The van der Waals surface area contributed by atoms with Gasteiger partial charge in [-0.15, -0.1) is 0 Å². The molecule has 1 rings (SSSR count). The molecule has 0 unspecified atom stereocenters. The number of carbonyl (C=O) groups is 3. The van der Waals surface area contributed by atoms with Crippen LogP contribution in [0.2, 0.25) is 0 Å². The van der Waals surface area contributed by atoms with Crippen LogP contribution >= 0.6 is 0 Å². The molecule has 7 nitrogen and oxygen atoms in total. The second-order valence-electron chi connectivity index (χ2n) is 2.84. The average Bonchev–Trinajstić information content (AvgIpc) is 2.00. The Balaban J connectivity index is 2.84. The van der Waals surface area contributed by atoms with Crippen molar-refractivity contribution in [1.82, 2.24) is 0 Å². The van der Waals surface area contributed by atoms with Crippen LogP contribution in [0.15, 0.2) is 0 Å². The highest BCUT2D eigenvalue weighted by atomic mass is 16.7. The van der Waals surface area contributed by atoms with Crippen LogP contribution in [0.1, 0.15) is 12.8 Å². The van der Waals surface area contributed by atoms with Gasteiger partial charge in [0, 0.05) is 0 Å². The summed E-state index contributed by atoms with van der Waals surface area (Å²) < 4.78 is 8.59. The Morgan fingerprint density at radius 1 is 1.21 bits per heavy atom. The first kappa shape index (κ1) is 10.5. The van der Waals surface area contributed by atoms with Crippen LogP contribution in [0.25, 0.3) is 0 Å². The van der Waals surface area contributed by atoms with E-state index in [4.69, 9.17) is 5.11 Å². The number of aliphatic hydroxyl groups is 1. The minimum absolute atomic E-state index is 0.548. The largest absolute Gasteiger partial charge is 0.479 e. The summed E-state index contributed by atoms with van der Waals surface area (Å²) >= 11 is 0. The Kier molecular flexibility index (Phi) is 2.70. The zero-order valence-corrected chi connectivity index (χ0v) is 7.06. The van der Waals surface area contributed by atoms with Gasteiger partial charge in [0.25, 0.3) is 0 Å². The van der Waals surface area contributed by atoms with E-state index in [0.29, 0.717) is 0 Å².